The maximum atomic E-state index is 13.3. The summed E-state index contributed by atoms with van der Waals surface area (Å²) in [6, 6.07) is 4.61. The summed E-state index contributed by atoms with van der Waals surface area (Å²) in [5.74, 6) is 0.480. The molecule has 2 rings (SSSR count). The third kappa shape index (κ3) is 3.00. The van der Waals surface area contributed by atoms with Gasteiger partial charge in [-0.1, -0.05) is 0 Å². The van der Waals surface area contributed by atoms with Gasteiger partial charge in [-0.05, 0) is 56.6 Å². The maximum Gasteiger partial charge on any atom is 0.123 e. The van der Waals surface area contributed by atoms with E-state index in [0.717, 1.165) is 37.2 Å². The van der Waals surface area contributed by atoms with E-state index in [1.165, 1.54) is 12.1 Å². The van der Waals surface area contributed by atoms with Crippen LogP contribution in [-0.4, -0.2) is 37.7 Å². The molecule has 1 aliphatic rings. The lowest BCUT2D eigenvalue weighted by molar-refractivity contribution is 0.177. The van der Waals surface area contributed by atoms with Gasteiger partial charge in [-0.3, -0.25) is 0 Å². The molecule has 3 nitrogen and oxygen atoms in total. The monoisotopic (exact) mass is 252 g/mol. The minimum Gasteiger partial charge on any atom is -0.496 e. The van der Waals surface area contributed by atoms with Crippen LogP contribution < -0.4 is 10.5 Å². The van der Waals surface area contributed by atoms with Crippen molar-refractivity contribution in [1.29, 1.82) is 0 Å². The molecular formula is C14H21FN2O. The van der Waals surface area contributed by atoms with Gasteiger partial charge in [0.15, 0.2) is 0 Å². The molecule has 1 aliphatic heterocycles. The molecule has 1 aromatic carbocycles. The first-order valence-corrected chi connectivity index (χ1v) is 6.32. The average molecular weight is 252 g/mol. The second-order valence-corrected chi connectivity index (χ2v) is 5.34. The number of rotatable bonds is 3. The Labute approximate surface area is 108 Å². The highest BCUT2D eigenvalue weighted by atomic mass is 19.1. The van der Waals surface area contributed by atoms with Crippen molar-refractivity contribution in [2.45, 2.75) is 24.8 Å². The van der Waals surface area contributed by atoms with Crippen LogP contribution in [0.4, 0.5) is 4.39 Å². The zero-order valence-corrected chi connectivity index (χ0v) is 11.1. The van der Waals surface area contributed by atoms with Gasteiger partial charge in [0, 0.05) is 12.1 Å². The number of hydrogen-bond donors (Lipinski definition) is 1. The lowest BCUT2D eigenvalue weighted by atomic mass is 9.84. The smallest absolute Gasteiger partial charge is 0.123 e. The van der Waals surface area contributed by atoms with Gasteiger partial charge >= 0.3 is 0 Å². The van der Waals surface area contributed by atoms with Crippen LogP contribution >= 0.6 is 0 Å². The number of nitrogens with zero attached hydrogens (tertiary/aromatic N) is 1. The lowest BCUT2D eigenvalue weighted by Gasteiger charge is -2.39. The highest BCUT2D eigenvalue weighted by Crippen LogP contribution is 2.27. The molecule has 1 aromatic rings. The number of nitrogens with two attached hydrogens (primary N) is 1. The molecule has 100 valence electrons. The lowest BCUT2D eigenvalue weighted by Crippen LogP contribution is -2.54. The van der Waals surface area contributed by atoms with Crippen molar-refractivity contribution >= 4 is 0 Å². The summed E-state index contributed by atoms with van der Waals surface area (Å²) in [6.45, 7) is 1.92. The minimum atomic E-state index is -0.284. The molecule has 1 heterocycles. The third-order valence-electron chi connectivity index (χ3n) is 3.58. The van der Waals surface area contributed by atoms with E-state index in [9.17, 15) is 4.39 Å². The van der Waals surface area contributed by atoms with Gasteiger partial charge in [0.25, 0.3) is 0 Å². The Morgan fingerprint density at radius 1 is 1.50 bits per heavy atom. The summed E-state index contributed by atoms with van der Waals surface area (Å²) >= 11 is 0. The van der Waals surface area contributed by atoms with Crippen LogP contribution in [0, 0.1) is 5.82 Å². The first-order chi connectivity index (χ1) is 8.52. The van der Waals surface area contributed by atoms with Crippen LogP contribution in [0.1, 0.15) is 18.4 Å². The third-order valence-corrected chi connectivity index (χ3v) is 3.58. The highest BCUT2D eigenvalue weighted by Gasteiger charge is 2.31. The fraction of sp³-hybridized carbons (Fsp3) is 0.571. The number of ether oxygens (including phenoxy) is 1. The van der Waals surface area contributed by atoms with Gasteiger partial charge in [-0.15, -0.1) is 0 Å². The summed E-state index contributed by atoms with van der Waals surface area (Å²) in [5, 5.41) is 0. The Balaban J connectivity index is 2.19. The summed E-state index contributed by atoms with van der Waals surface area (Å²) in [7, 11) is 3.68. The molecule has 1 unspecified atom stereocenters. The first kappa shape index (κ1) is 13.3. The van der Waals surface area contributed by atoms with Crippen molar-refractivity contribution < 1.29 is 9.13 Å². The van der Waals surface area contributed by atoms with Gasteiger partial charge < -0.3 is 15.4 Å². The van der Waals surface area contributed by atoms with E-state index in [4.69, 9.17) is 10.5 Å². The van der Waals surface area contributed by atoms with E-state index in [0.29, 0.717) is 6.42 Å². The van der Waals surface area contributed by atoms with Crippen molar-refractivity contribution in [1.82, 2.24) is 4.90 Å². The van der Waals surface area contributed by atoms with Gasteiger partial charge in [0.05, 0.1) is 7.11 Å². The Bertz CT molecular complexity index is 424. The fourth-order valence-corrected chi connectivity index (χ4v) is 2.81. The Kier molecular flexibility index (Phi) is 3.88. The molecule has 1 atom stereocenters. The number of hydrogen-bond acceptors (Lipinski definition) is 3. The van der Waals surface area contributed by atoms with Crippen molar-refractivity contribution in [2.75, 3.05) is 27.2 Å². The molecule has 18 heavy (non-hydrogen) atoms. The van der Waals surface area contributed by atoms with Crippen LogP contribution in [0.15, 0.2) is 18.2 Å². The second-order valence-electron chi connectivity index (χ2n) is 5.34. The van der Waals surface area contributed by atoms with E-state index in [2.05, 4.69) is 11.9 Å². The molecular weight excluding hydrogens is 231 g/mol. The maximum absolute atomic E-state index is 13.3. The van der Waals surface area contributed by atoms with E-state index < -0.39 is 0 Å². The zero-order valence-electron chi connectivity index (χ0n) is 11.1. The zero-order chi connectivity index (χ0) is 13.2. The van der Waals surface area contributed by atoms with Gasteiger partial charge in [-0.2, -0.15) is 0 Å². The van der Waals surface area contributed by atoms with Gasteiger partial charge in [0.2, 0.25) is 0 Å². The van der Waals surface area contributed by atoms with Crippen LogP contribution in [0.3, 0.4) is 0 Å². The molecule has 0 bridgehead atoms. The van der Waals surface area contributed by atoms with Crippen molar-refractivity contribution in [3.8, 4) is 5.75 Å². The summed E-state index contributed by atoms with van der Waals surface area (Å²) < 4.78 is 18.6. The molecule has 1 saturated heterocycles. The Hall–Kier alpha value is -1.13. The van der Waals surface area contributed by atoms with Crippen LogP contribution in [0.2, 0.25) is 0 Å². The van der Waals surface area contributed by atoms with E-state index in [1.54, 1.807) is 13.2 Å². The molecule has 0 amide bonds. The summed E-state index contributed by atoms with van der Waals surface area (Å²) in [6.07, 6.45) is 2.71. The van der Waals surface area contributed by atoms with Gasteiger partial charge in [0.1, 0.15) is 11.6 Å². The number of likely N-dealkylation sites (N-methyl/N-ethyl adjacent to an activating group) is 1. The molecule has 0 radical (unpaired) electrons. The van der Waals surface area contributed by atoms with E-state index in [-0.39, 0.29) is 11.4 Å². The quantitative estimate of drug-likeness (QED) is 0.891. The van der Waals surface area contributed by atoms with Crippen LogP contribution in [0.5, 0.6) is 5.75 Å². The van der Waals surface area contributed by atoms with Gasteiger partial charge in [-0.25, -0.2) is 4.39 Å². The summed E-state index contributed by atoms with van der Waals surface area (Å²) in [4.78, 5) is 2.23. The largest absolute Gasteiger partial charge is 0.496 e. The van der Waals surface area contributed by atoms with Crippen molar-refractivity contribution in [2.24, 2.45) is 5.73 Å². The topological polar surface area (TPSA) is 38.5 Å². The molecule has 0 aromatic heterocycles. The highest BCUT2D eigenvalue weighted by molar-refractivity contribution is 5.35. The van der Waals surface area contributed by atoms with Crippen molar-refractivity contribution in [3.05, 3.63) is 29.6 Å². The minimum absolute atomic E-state index is 0.237. The predicted molar refractivity (Wildman–Crippen MR) is 70.3 cm³/mol. The normalized spacial score (nSPS) is 25.1. The standard InChI is InChI=1S/C14H21FN2O/c1-17-7-3-6-14(16,10-17)9-11-8-12(15)4-5-13(11)18-2/h4-5,8H,3,6-7,9-10,16H2,1-2H3. The number of halogens is 1. The van der Waals surface area contributed by atoms with Crippen LogP contribution in [0.25, 0.3) is 0 Å². The van der Waals surface area contributed by atoms with E-state index in [1.807, 2.05) is 0 Å². The number of likely N-dealkylation sites (tertiary alicyclic amines) is 1. The molecule has 2 N–H and O–H groups in total. The SMILES string of the molecule is COc1ccc(F)cc1CC1(N)CCCN(C)C1. The second kappa shape index (κ2) is 5.24. The van der Waals surface area contributed by atoms with E-state index >= 15 is 0 Å². The Morgan fingerprint density at radius 3 is 2.94 bits per heavy atom. The molecule has 4 heteroatoms. The molecule has 1 fully saturated rings. The van der Waals surface area contributed by atoms with Crippen molar-refractivity contribution in [3.63, 3.8) is 0 Å². The molecule has 0 spiro atoms. The predicted octanol–water partition coefficient (Wildman–Crippen LogP) is 1.80. The Morgan fingerprint density at radius 2 is 2.28 bits per heavy atom. The van der Waals surface area contributed by atoms with Crippen LogP contribution in [-0.2, 0) is 6.42 Å². The first-order valence-electron chi connectivity index (χ1n) is 6.32. The number of benzene rings is 1. The fourth-order valence-electron chi connectivity index (χ4n) is 2.81. The molecule has 0 aliphatic carbocycles. The average Bonchev–Trinajstić information content (AvgIpc) is 2.28. The number of methoxy groups -OCH3 is 1. The summed E-state index contributed by atoms with van der Waals surface area (Å²) in [5.41, 5.74) is 7.01. The molecule has 0 saturated carbocycles. The number of piperidine rings is 1.